The second-order valence-electron chi connectivity index (χ2n) is 7.71. The third-order valence-electron chi connectivity index (χ3n) is 6.29. The van der Waals surface area contributed by atoms with Crippen molar-refractivity contribution in [3.63, 3.8) is 0 Å². The van der Waals surface area contributed by atoms with Crippen molar-refractivity contribution in [3.05, 3.63) is 59.4 Å². The minimum absolute atomic E-state index is 0.0136. The lowest BCUT2D eigenvalue weighted by molar-refractivity contribution is -0.144. The van der Waals surface area contributed by atoms with Gasteiger partial charge in [-0.25, -0.2) is 4.79 Å². The highest BCUT2D eigenvalue weighted by atomic mass is 16.5. The van der Waals surface area contributed by atoms with E-state index >= 15 is 0 Å². The molecule has 4 rings (SSSR count). The van der Waals surface area contributed by atoms with Crippen LogP contribution in [0.3, 0.4) is 0 Å². The first-order chi connectivity index (χ1) is 15.0. The second-order valence-corrected chi connectivity index (χ2v) is 7.71. The zero-order valence-corrected chi connectivity index (χ0v) is 17.7. The van der Waals surface area contributed by atoms with Crippen molar-refractivity contribution >= 4 is 29.1 Å². The molecule has 162 valence electrons. The van der Waals surface area contributed by atoms with Crippen LogP contribution in [0.5, 0.6) is 0 Å². The van der Waals surface area contributed by atoms with Gasteiger partial charge in [-0.15, -0.1) is 5.16 Å². The van der Waals surface area contributed by atoms with E-state index < -0.39 is 11.9 Å². The maximum absolute atomic E-state index is 13.0. The number of fused-ring (bicyclic) bond motifs is 6. The molecule has 2 aromatic rings. The summed E-state index contributed by atoms with van der Waals surface area (Å²) in [5.41, 5.74) is 3.86. The summed E-state index contributed by atoms with van der Waals surface area (Å²) in [6, 6.07) is 8.06. The van der Waals surface area contributed by atoms with Crippen LogP contribution in [0.4, 0.5) is 0 Å². The first-order valence-electron chi connectivity index (χ1n) is 10.1. The molecule has 0 amide bonds. The number of allylic oxidation sites excluding steroid dienone is 2. The van der Waals surface area contributed by atoms with Gasteiger partial charge in [0, 0.05) is 47.4 Å². The molecule has 31 heavy (non-hydrogen) atoms. The van der Waals surface area contributed by atoms with E-state index in [9.17, 15) is 9.59 Å². The highest BCUT2D eigenvalue weighted by molar-refractivity contribution is 5.91. The number of rotatable bonds is 5. The van der Waals surface area contributed by atoms with Crippen LogP contribution in [0.2, 0.25) is 0 Å². The maximum atomic E-state index is 13.0. The van der Waals surface area contributed by atoms with Gasteiger partial charge in [0.25, 0.3) is 0 Å². The SMILES string of the molecule is COC(=O)/C=C/C1=CN(C/C=N/O)[C@H]2C[C@@H]1C(C(=O)OC)c1c2c2ccccc2n1C. The van der Waals surface area contributed by atoms with Gasteiger partial charge >= 0.3 is 11.9 Å². The summed E-state index contributed by atoms with van der Waals surface area (Å²) in [7, 11) is 4.68. The fourth-order valence-corrected chi connectivity index (χ4v) is 4.97. The molecule has 1 N–H and O–H groups in total. The molecule has 0 radical (unpaired) electrons. The Morgan fingerprint density at radius 1 is 1.26 bits per heavy atom. The fourth-order valence-electron chi connectivity index (χ4n) is 4.97. The van der Waals surface area contributed by atoms with Crippen molar-refractivity contribution in [1.29, 1.82) is 0 Å². The number of oxime groups is 1. The number of hydrogen-bond acceptors (Lipinski definition) is 7. The van der Waals surface area contributed by atoms with Crippen molar-refractivity contribution in [2.75, 3.05) is 20.8 Å². The highest BCUT2D eigenvalue weighted by Gasteiger charge is 2.47. The van der Waals surface area contributed by atoms with Gasteiger partial charge < -0.3 is 24.1 Å². The normalized spacial score (nSPS) is 22.6. The van der Waals surface area contributed by atoms with Crippen LogP contribution in [-0.4, -0.2) is 53.6 Å². The number of carbonyl (C=O) groups excluding carboxylic acids is 2. The molecule has 0 spiro atoms. The summed E-state index contributed by atoms with van der Waals surface area (Å²) in [4.78, 5) is 26.8. The first kappa shape index (κ1) is 20.7. The number of hydrogen-bond donors (Lipinski definition) is 1. The summed E-state index contributed by atoms with van der Waals surface area (Å²) >= 11 is 0. The predicted molar refractivity (Wildman–Crippen MR) is 115 cm³/mol. The van der Waals surface area contributed by atoms with Crippen LogP contribution >= 0.6 is 0 Å². The molecule has 8 nitrogen and oxygen atoms in total. The zero-order valence-electron chi connectivity index (χ0n) is 17.7. The van der Waals surface area contributed by atoms with E-state index in [2.05, 4.69) is 20.7 Å². The minimum Gasteiger partial charge on any atom is -0.468 e. The monoisotopic (exact) mass is 423 g/mol. The predicted octanol–water partition coefficient (Wildman–Crippen LogP) is 2.88. The number of aromatic nitrogens is 1. The third kappa shape index (κ3) is 3.37. The number of carbonyl (C=O) groups is 2. The van der Waals surface area contributed by atoms with Crippen molar-refractivity contribution in [2.24, 2.45) is 18.1 Å². The lowest BCUT2D eigenvalue weighted by Gasteiger charge is -2.45. The Bertz CT molecular complexity index is 1110. The Hall–Kier alpha value is -3.55. The van der Waals surface area contributed by atoms with Crippen molar-refractivity contribution in [3.8, 4) is 0 Å². The number of ether oxygens (including phenoxy) is 2. The molecule has 2 bridgehead atoms. The standard InChI is InChI=1S/C23H25N3O5/c1-25-17-7-5-4-6-15(17)20-18-12-16(21(22(20)25)23(28)31-3)14(8-9-19(27)30-2)13-26(18)11-10-24-29/h4-10,13,16,18,21,29H,11-12H2,1-3H3/b9-8+,24-10+/t16-,18-,21?/m0/s1. The molecule has 1 unspecified atom stereocenters. The summed E-state index contributed by atoms with van der Waals surface area (Å²) in [6.45, 7) is 0.384. The lowest BCUT2D eigenvalue weighted by atomic mass is 9.69. The largest absolute Gasteiger partial charge is 0.468 e. The molecular weight excluding hydrogens is 398 g/mol. The fraction of sp³-hybridized carbons (Fsp3) is 0.348. The van der Waals surface area contributed by atoms with Gasteiger partial charge in [-0.1, -0.05) is 24.3 Å². The van der Waals surface area contributed by atoms with E-state index in [-0.39, 0.29) is 17.9 Å². The van der Waals surface area contributed by atoms with Crippen molar-refractivity contribution < 1.29 is 24.3 Å². The van der Waals surface area contributed by atoms with E-state index in [0.29, 0.717) is 13.0 Å². The number of nitrogens with zero attached hydrogens (tertiary/aromatic N) is 3. The lowest BCUT2D eigenvalue weighted by Crippen LogP contribution is -2.41. The molecule has 1 aromatic heterocycles. The molecule has 1 aromatic carbocycles. The molecule has 2 heterocycles. The molecule has 1 aliphatic heterocycles. The molecule has 8 heteroatoms. The molecular formula is C23H25N3O5. The minimum atomic E-state index is -0.504. The Labute approximate surface area is 180 Å². The van der Waals surface area contributed by atoms with E-state index in [0.717, 1.165) is 27.7 Å². The van der Waals surface area contributed by atoms with Crippen LogP contribution < -0.4 is 0 Å². The van der Waals surface area contributed by atoms with Gasteiger partial charge in [0.15, 0.2) is 0 Å². The topological polar surface area (TPSA) is 93.4 Å². The Morgan fingerprint density at radius 3 is 2.74 bits per heavy atom. The molecule has 0 fully saturated rings. The van der Waals surface area contributed by atoms with E-state index in [4.69, 9.17) is 14.7 Å². The number of methoxy groups -OCH3 is 2. The highest BCUT2D eigenvalue weighted by Crippen LogP contribution is 2.53. The van der Waals surface area contributed by atoms with Gasteiger partial charge in [-0.3, -0.25) is 4.79 Å². The molecule has 3 atom stereocenters. The average Bonchev–Trinajstić information content (AvgIpc) is 3.09. The van der Waals surface area contributed by atoms with Crippen LogP contribution in [0, 0.1) is 5.92 Å². The molecule has 0 saturated carbocycles. The van der Waals surface area contributed by atoms with E-state index in [1.54, 1.807) is 6.08 Å². The summed E-state index contributed by atoms with van der Waals surface area (Å²) in [5, 5.41) is 13.2. The van der Waals surface area contributed by atoms with Crippen molar-refractivity contribution in [2.45, 2.75) is 18.4 Å². The Morgan fingerprint density at radius 2 is 2.03 bits per heavy atom. The molecule has 1 aliphatic carbocycles. The van der Waals surface area contributed by atoms with Crippen LogP contribution in [-0.2, 0) is 26.1 Å². The maximum Gasteiger partial charge on any atom is 0.330 e. The number of aryl methyl sites for hydroxylation is 1. The van der Waals surface area contributed by atoms with Gasteiger partial charge in [0.1, 0.15) is 5.92 Å². The van der Waals surface area contributed by atoms with Crippen LogP contribution in [0.1, 0.15) is 29.6 Å². The van der Waals surface area contributed by atoms with Gasteiger partial charge in [-0.2, -0.15) is 0 Å². The number of para-hydroxylation sites is 1. The van der Waals surface area contributed by atoms with Crippen LogP contribution in [0.25, 0.3) is 10.9 Å². The quantitative estimate of drug-likeness (QED) is 0.261. The summed E-state index contributed by atoms with van der Waals surface area (Å²) < 4.78 is 12.0. The van der Waals surface area contributed by atoms with Crippen molar-refractivity contribution in [1.82, 2.24) is 9.47 Å². The van der Waals surface area contributed by atoms with Gasteiger partial charge in [-0.05, 0) is 18.1 Å². The first-order valence-corrected chi connectivity index (χ1v) is 10.1. The third-order valence-corrected chi connectivity index (χ3v) is 6.29. The Balaban J connectivity index is 1.94. The summed E-state index contributed by atoms with van der Waals surface area (Å²) in [6.07, 6.45) is 7.07. The molecule has 2 aliphatic rings. The second kappa shape index (κ2) is 8.29. The smallest absolute Gasteiger partial charge is 0.330 e. The van der Waals surface area contributed by atoms with Gasteiger partial charge in [0.05, 0.1) is 33.0 Å². The number of esters is 2. The van der Waals surface area contributed by atoms with Crippen LogP contribution in [0.15, 0.2) is 53.3 Å². The average molecular weight is 423 g/mol. The van der Waals surface area contributed by atoms with E-state index in [1.807, 2.05) is 31.4 Å². The molecule has 0 saturated heterocycles. The van der Waals surface area contributed by atoms with E-state index in [1.165, 1.54) is 26.5 Å². The number of benzene rings is 1. The zero-order chi connectivity index (χ0) is 22.1. The summed E-state index contributed by atoms with van der Waals surface area (Å²) in [5.74, 6) is -1.45. The Kier molecular flexibility index (Phi) is 5.54. The van der Waals surface area contributed by atoms with Gasteiger partial charge in [0.2, 0.25) is 0 Å².